The van der Waals surface area contributed by atoms with E-state index in [0.717, 1.165) is 64.2 Å². The number of nitrogens with zero attached hydrogens (tertiary/aromatic N) is 7. The van der Waals surface area contributed by atoms with Crippen LogP contribution in [0.5, 0.6) is 0 Å². The number of piperidine rings is 1. The molecular weight excluding hydrogens is 534 g/mol. The third-order valence-electron chi connectivity index (χ3n) is 7.34. The molecule has 1 aliphatic heterocycles. The van der Waals surface area contributed by atoms with Gasteiger partial charge in [0.25, 0.3) is 0 Å². The molecule has 5 heterocycles. The van der Waals surface area contributed by atoms with Gasteiger partial charge in [0.05, 0.1) is 40.5 Å². The maximum atomic E-state index is 11.9. The van der Waals surface area contributed by atoms with Crippen LogP contribution in [0.2, 0.25) is 0 Å². The molecule has 39 heavy (non-hydrogen) atoms. The van der Waals surface area contributed by atoms with Gasteiger partial charge in [0, 0.05) is 37.1 Å². The third-order valence-corrected chi connectivity index (χ3v) is 9.06. The van der Waals surface area contributed by atoms with E-state index >= 15 is 0 Å². The molecule has 1 saturated heterocycles. The number of sulfonamides is 1. The normalized spacial score (nSPS) is 21.0. The molecule has 11 nitrogen and oxygen atoms in total. The topological polar surface area (TPSA) is 141 Å². The number of hydrogen-bond donors (Lipinski definition) is 2. The van der Waals surface area contributed by atoms with Crippen molar-refractivity contribution in [3.63, 3.8) is 0 Å². The molecule has 0 radical (unpaired) electrons. The lowest BCUT2D eigenvalue weighted by molar-refractivity contribution is 0.331. The van der Waals surface area contributed by atoms with Crippen molar-refractivity contribution in [2.45, 2.75) is 38.8 Å². The van der Waals surface area contributed by atoms with Gasteiger partial charge in [-0.25, -0.2) is 17.7 Å². The number of nitrogens with one attached hydrogen (secondary N) is 2. The summed E-state index contributed by atoms with van der Waals surface area (Å²) in [6.07, 6.45) is 6.62. The molecule has 0 aromatic carbocycles. The lowest BCUT2D eigenvalue weighted by Gasteiger charge is -2.37. The average molecular weight is 564 g/mol. The largest absolute Gasteiger partial charge is 0.382 e. The molecule has 4 aromatic rings. The summed E-state index contributed by atoms with van der Waals surface area (Å²) in [6, 6.07) is 9.98. The quantitative estimate of drug-likeness (QED) is 0.346. The van der Waals surface area contributed by atoms with Crippen LogP contribution >= 0.6 is 11.3 Å². The van der Waals surface area contributed by atoms with E-state index in [-0.39, 0.29) is 23.9 Å². The Morgan fingerprint density at radius 1 is 1.13 bits per heavy atom. The Labute approximate surface area is 231 Å². The molecule has 2 unspecified atom stereocenters. The summed E-state index contributed by atoms with van der Waals surface area (Å²) in [4.78, 5) is 7.00. The lowest BCUT2D eigenvalue weighted by Crippen LogP contribution is -2.52. The molecule has 0 spiro atoms. The Kier molecular flexibility index (Phi) is 6.49. The van der Waals surface area contributed by atoms with Gasteiger partial charge in [-0.2, -0.15) is 10.4 Å². The minimum atomic E-state index is -3.24. The average Bonchev–Trinajstić information content (AvgIpc) is 3.58. The smallest absolute Gasteiger partial charge is 0.208 e. The molecular formula is C26H29N9O2S2. The summed E-state index contributed by atoms with van der Waals surface area (Å²) in [5.41, 5.74) is 4.68. The molecule has 1 aliphatic carbocycles. The maximum Gasteiger partial charge on any atom is 0.208 e. The van der Waals surface area contributed by atoms with E-state index in [1.165, 1.54) is 17.6 Å². The molecule has 202 valence electrons. The van der Waals surface area contributed by atoms with Gasteiger partial charge in [-0.1, -0.05) is 11.3 Å². The van der Waals surface area contributed by atoms with Gasteiger partial charge >= 0.3 is 0 Å². The SMILES string of the molecule is CC(C)Nc1cc(-c2ccc3cc(C#N)cnn23)ncc1-c1nnc(N2CC3CCC(C2)C3NS(C)(=O)=O)s1. The summed E-state index contributed by atoms with van der Waals surface area (Å²) >= 11 is 1.53. The van der Waals surface area contributed by atoms with Crippen molar-refractivity contribution >= 4 is 37.7 Å². The van der Waals surface area contributed by atoms with Gasteiger partial charge in [-0.05, 0) is 62.8 Å². The second-order valence-electron chi connectivity index (χ2n) is 10.6. The second kappa shape index (κ2) is 9.86. The highest BCUT2D eigenvalue weighted by Crippen LogP contribution is 2.41. The Morgan fingerprint density at radius 3 is 2.59 bits per heavy atom. The minimum absolute atomic E-state index is 0.00616. The van der Waals surface area contributed by atoms with Crippen LogP contribution in [0, 0.1) is 23.2 Å². The first-order chi connectivity index (χ1) is 18.7. The fraction of sp³-hybridized carbons (Fsp3) is 0.423. The highest BCUT2D eigenvalue weighted by molar-refractivity contribution is 7.88. The van der Waals surface area contributed by atoms with Gasteiger partial charge in [-0.15, -0.1) is 10.2 Å². The van der Waals surface area contributed by atoms with E-state index < -0.39 is 10.0 Å². The Bertz CT molecular complexity index is 1670. The van der Waals surface area contributed by atoms with Crippen LogP contribution in [0.3, 0.4) is 0 Å². The van der Waals surface area contributed by atoms with E-state index in [2.05, 4.69) is 50.2 Å². The molecule has 1 saturated carbocycles. The summed E-state index contributed by atoms with van der Waals surface area (Å²) in [6.45, 7) is 5.68. The Balaban J connectivity index is 1.29. The molecule has 2 atom stereocenters. The molecule has 6 rings (SSSR count). The van der Waals surface area contributed by atoms with Gasteiger partial charge in [-0.3, -0.25) is 4.98 Å². The van der Waals surface area contributed by atoms with Crippen molar-refractivity contribution in [2.24, 2.45) is 11.8 Å². The molecule has 4 aromatic heterocycles. The van der Waals surface area contributed by atoms with E-state index in [0.29, 0.717) is 5.56 Å². The van der Waals surface area contributed by atoms with Crippen LogP contribution in [0.1, 0.15) is 32.3 Å². The first kappa shape index (κ1) is 25.7. The number of aromatic nitrogens is 5. The monoisotopic (exact) mass is 563 g/mol. The first-order valence-corrected chi connectivity index (χ1v) is 15.6. The predicted molar refractivity (Wildman–Crippen MR) is 151 cm³/mol. The number of fused-ring (bicyclic) bond motifs is 3. The molecule has 13 heteroatoms. The van der Waals surface area contributed by atoms with Crippen LogP contribution in [-0.4, -0.2) is 64.6 Å². The Hall–Kier alpha value is -3.60. The fourth-order valence-electron chi connectivity index (χ4n) is 5.72. The molecule has 0 amide bonds. The summed E-state index contributed by atoms with van der Waals surface area (Å²) < 4.78 is 28.3. The van der Waals surface area contributed by atoms with Crippen LogP contribution in [-0.2, 0) is 10.0 Å². The van der Waals surface area contributed by atoms with Crippen LogP contribution in [0.15, 0.2) is 36.7 Å². The van der Waals surface area contributed by atoms with Gasteiger partial charge in [0.1, 0.15) is 6.07 Å². The molecule has 2 fully saturated rings. The van der Waals surface area contributed by atoms with E-state index in [1.54, 1.807) is 16.8 Å². The van der Waals surface area contributed by atoms with Crippen LogP contribution in [0.4, 0.5) is 10.8 Å². The van der Waals surface area contributed by atoms with Gasteiger partial charge in [0.2, 0.25) is 15.2 Å². The van der Waals surface area contributed by atoms with Crippen molar-refractivity contribution in [3.05, 3.63) is 42.2 Å². The summed E-state index contributed by atoms with van der Waals surface area (Å²) in [7, 11) is -3.24. The maximum absolute atomic E-state index is 11.9. The number of pyridine rings is 1. The van der Waals surface area contributed by atoms with Crippen molar-refractivity contribution in [1.82, 2.24) is 29.5 Å². The van der Waals surface area contributed by atoms with Gasteiger partial charge < -0.3 is 10.2 Å². The minimum Gasteiger partial charge on any atom is -0.382 e. The zero-order chi connectivity index (χ0) is 27.3. The predicted octanol–water partition coefficient (Wildman–Crippen LogP) is 3.37. The summed E-state index contributed by atoms with van der Waals surface area (Å²) in [5.74, 6) is 0.527. The lowest BCUT2D eigenvalue weighted by atomic mass is 9.93. The van der Waals surface area contributed by atoms with Crippen LogP contribution in [0.25, 0.3) is 27.5 Å². The first-order valence-electron chi connectivity index (χ1n) is 12.9. The molecule has 2 bridgehead atoms. The molecule has 2 aliphatic rings. The highest BCUT2D eigenvalue weighted by Gasteiger charge is 2.44. The van der Waals surface area contributed by atoms with Crippen molar-refractivity contribution < 1.29 is 8.42 Å². The van der Waals surface area contributed by atoms with Crippen molar-refractivity contribution in [3.8, 4) is 28.0 Å². The Morgan fingerprint density at radius 2 is 1.90 bits per heavy atom. The molecule has 2 N–H and O–H groups in total. The second-order valence-corrected chi connectivity index (χ2v) is 13.4. The van der Waals surface area contributed by atoms with Crippen LogP contribution < -0.4 is 14.9 Å². The van der Waals surface area contributed by atoms with E-state index in [4.69, 9.17) is 4.98 Å². The highest BCUT2D eigenvalue weighted by atomic mass is 32.2. The zero-order valence-electron chi connectivity index (χ0n) is 21.9. The fourth-order valence-corrected chi connectivity index (χ4v) is 7.49. The van der Waals surface area contributed by atoms with Crippen molar-refractivity contribution in [1.29, 1.82) is 5.26 Å². The number of hydrogen-bond acceptors (Lipinski definition) is 10. The standard InChI is InChI=1S/C26H29N9O2S2/c1-15(2)30-21-9-22(23-7-6-19-8-16(10-27)11-29-35(19)23)28-12-20(21)25-31-32-26(38-25)34-13-17-4-5-18(14-34)24(17)33-39(3,36)37/h6-9,11-12,15,17-18,24,33H,4-5,13-14H2,1-3H3,(H,28,30). The number of anilines is 2. The number of rotatable bonds is 7. The summed E-state index contributed by atoms with van der Waals surface area (Å²) in [5, 5.41) is 27.8. The third kappa shape index (κ3) is 5.07. The van der Waals surface area contributed by atoms with E-state index in [1.807, 2.05) is 24.4 Å². The van der Waals surface area contributed by atoms with Gasteiger partial charge in [0.15, 0.2) is 5.01 Å². The number of nitriles is 1. The van der Waals surface area contributed by atoms with E-state index in [9.17, 15) is 13.7 Å². The van der Waals surface area contributed by atoms with Crippen molar-refractivity contribution in [2.75, 3.05) is 29.6 Å². The zero-order valence-corrected chi connectivity index (χ0v) is 23.5.